The molecule has 0 fully saturated rings. The average molecular weight is 253 g/mol. The normalized spacial score (nSPS) is 12.1. The van der Waals surface area contributed by atoms with Gasteiger partial charge in [0.2, 0.25) is 5.91 Å². The van der Waals surface area contributed by atoms with E-state index in [1.54, 1.807) is 25.3 Å². The Balaban J connectivity index is 2.48. The van der Waals surface area contributed by atoms with Gasteiger partial charge in [0.05, 0.1) is 19.1 Å². The number of aliphatic hydroxyl groups excluding tert-OH is 1. The molecule has 100 valence electrons. The van der Waals surface area contributed by atoms with Crippen LogP contribution in [0, 0.1) is 0 Å². The molecule has 1 rings (SSSR count). The summed E-state index contributed by atoms with van der Waals surface area (Å²) in [5, 5.41) is 21.3. The molecule has 5 nitrogen and oxygen atoms in total. The van der Waals surface area contributed by atoms with Gasteiger partial charge in [-0.15, -0.1) is 0 Å². The van der Waals surface area contributed by atoms with Crippen molar-refractivity contribution in [3.05, 3.63) is 29.8 Å². The summed E-state index contributed by atoms with van der Waals surface area (Å²) in [6.07, 6.45) is 0.648. The SMILES string of the molecule is COCCC(CO)NC(=O)Cc1ccccc1O. The lowest BCUT2D eigenvalue weighted by Gasteiger charge is -2.16. The Labute approximate surface area is 106 Å². The van der Waals surface area contributed by atoms with Gasteiger partial charge in [-0.1, -0.05) is 18.2 Å². The van der Waals surface area contributed by atoms with Crippen molar-refractivity contribution < 1.29 is 19.7 Å². The first-order valence-electron chi connectivity index (χ1n) is 5.83. The predicted octanol–water partition coefficient (Wildman–Crippen LogP) is 0.448. The molecule has 5 heteroatoms. The Morgan fingerprint density at radius 1 is 1.44 bits per heavy atom. The summed E-state index contributed by atoms with van der Waals surface area (Å²) in [6.45, 7) is 0.345. The van der Waals surface area contributed by atoms with Gasteiger partial charge >= 0.3 is 0 Å². The number of aliphatic hydroxyl groups is 1. The van der Waals surface area contributed by atoms with Crippen LogP contribution in [0.4, 0.5) is 0 Å². The van der Waals surface area contributed by atoms with E-state index in [-0.39, 0.29) is 30.7 Å². The number of hydrogen-bond donors (Lipinski definition) is 3. The maximum absolute atomic E-state index is 11.7. The molecule has 1 amide bonds. The summed E-state index contributed by atoms with van der Waals surface area (Å²) in [7, 11) is 1.57. The quantitative estimate of drug-likeness (QED) is 0.659. The molecule has 0 aliphatic heterocycles. The number of amides is 1. The highest BCUT2D eigenvalue weighted by atomic mass is 16.5. The van der Waals surface area contributed by atoms with E-state index < -0.39 is 0 Å². The maximum Gasteiger partial charge on any atom is 0.224 e. The topological polar surface area (TPSA) is 78.8 Å². The number of benzene rings is 1. The predicted molar refractivity (Wildman–Crippen MR) is 67.3 cm³/mol. The van der Waals surface area contributed by atoms with Gasteiger partial charge in [0.1, 0.15) is 5.75 Å². The van der Waals surface area contributed by atoms with E-state index in [4.69, 9.17) is 9.84 Å². The number of phenols is 1. The highest BCUT2D eigenvalue weighted by Gasteiger charge is 2.12. The first kappa shape index (κ1) is 14.5. The second-order valence-corrected chi connectivity index (χ2v) is 4.03. The largest absolute Gasteiger partial charge is 0.508 e. The second kappa shape index (κ2) is 7.68. The molecular formula is C13H19NO4. The standard InChI is InChI=1S/C13H19NO4/c1-18-7-6-11(9-15)14-13(17)8-10-4-2-3-5-12(10)16/h2-5,11,15-16H,6-9H2,1H3,(H,14,17). The van der Waals surface area contributed by atoms with Crippen molar-refractivity contribution in [2.24, 2.45) is 0 Å². The zero-order valence-electron chi connectivity index (χ0n) is 10.4. The van der Waals surface area contributed by atoms with Crippen LogP contribution in [0.5, 0.6) is 5.75 Å². The molecule has 18 heavy (non-hydrogen) atoms. The number of rotatable bonds is 7. The van der Waals surface area contributed by atoms with Gasteiger partial charge in [-0.25, -0.2) is 0 Å². The lowest BCUT2D eigenvalue weighted by Crippen LogP contribution is -2.39. The molecule has 1 unspecified atom stereocenters. The zero-order chi connectivity index (χ0) is 13.4. The van der Waals surface area contributed by atoms with Crippen molar-refractivity contribution in [1.82, 2.24) is 5.32 Å². The third kappa shape index (κ3) is 4.73. The molecule has 0 heterocycles. The van der Waals surface area contributed by atoms with E-state index in [1.807, 2.05) is 0 Å². The van der Waals surface area contributed by atoms with E-state index in [1.165, 1.54) is 6.07 Å². The van der Waals surface area contributed by atoms with Crippen molar-refractivity contribution in [2.75, 3.05) is 20.3 Å². The van der Waals surface area contributed by atoms with Crippen LogP contribution in [-0.2, 0) is 16.0 Å². The molecule has 1 atom stereocenters. The summed E-state index contributed by atoms with van der Waals surface area (Å²) in [5.41, 5.74) is 0.568. The molecule has 0 aliphatic rings. The van der Waals surface area contributed by atoms with Crippen LogP contribution in [0.15, 0.2) is 24.3 Å². The maximum atomic E-state index is 11.7. The summed E-state index contributed by atoms with van der Waals surface area (Å²) in [6, 6.07) is 6.38. The highest BCUT2D eigenvalue weighted by molar-refractivity contribution is 5.79. The smallest absolute Gasteiger partial charge is 0.224 e. The van der Waals surface area contributed by atoms with Crippen molar-refractivity contribution in [1.29, 1.82) is 0 Å². The number of methoxy groups -OCH3 is 1. The molecule has 0 saturated carbocycles. The van der Waals surface area contributed by atoms with Crippen LogP contribution in [0.2, 0.25) is 0 Å². The first-order chi connectivity index (χ1) is 8.67. The minimum atomic E-state index is -0.316. The van der Waals surface area contributed by atoms with Crippen molar-refractivity contribution in [2.45, 2.75) is 18.9 Å². The van der Waals surface area contributed by atoms with E-state index in [2.05, 4.69) is 5.32 Å². The number of ether oxygens (including phenoxy) is 1. The molecule has 0 saturated heterocycles. The summed E-state index contributed by atoms with van der Waals surface area (Å²) >= 11 is 0. The Morgan fingerprint density at radius 2 is 2.17 bits per heavy atom. The number of hydrogen-bond acceptors (Lipinski definition) is 4. The molecule has 0 bridgehead atoms. The van der Waals surface area contributed by atoms with E-state index in [0.717, 1.165) is 0 Å². The third-order valence-corrected chi connectivity index (χ3v) is 2.60. The Hall–Kier alpha value is -1.59. The number of nitrogens with one attached hydrogen (secondary N) is 1. The van der Waals surface area contributed by atoms with Crippen LogP contribution >= 0.6 is 0 Å². The zero-order valence-corrected chi connectivity index (χ0v) is 10.4. The van der Waals surface area contributed by atoms with Crippen LogP contribution in [0.1, 0.15) is 12.0 Å². The van der Waals surface area contributed by atoms with E-state index >= 15 is 0 Å². The number of carbonyl (C=O) groups excluding carboxylic acids is 1. The van der Waals surface area contributed by atoms with Crippen LogP contribution < -0.4 is 5.32 Å². The van der Waals surface area contributed by atoms with Crippen LogP contribution in [-0.4, -0.2) is 42.5 Å². The Bertz CT molecular complexity index is 381. The van der Waals surface area contributed by atoms with Crippen molar-refractivity contribution in [3.8, 4) is 5.75 Å². The number of para-hydroxylation sites is 1. The van der Waals surface area contributed by atoms with Gasteiger partial charge in [0.15, 0.2) is 0 Å². The lowest BCUT2D eigenvalue weighted by atomic mass is 10.1. The highest BCUT2D eigenvalue weighted by Crippen LogP contribution is 2.15. The van der Waals surface area contributed by atoms with Gasteiger partial charge in [-0.2, -0.15) is 0 Å². The Morgan fingerprint density at radius 3 is 2.78 bits per heavy atom. The second-order valence-electron chi connectivity index (χ2n) is 4.03. The number of aromatic hydroxyl groups is 1. The van der Waals surface area contributed by atoms with Crippen molar-refractivity contribution in [3.63, 3.8) is 0 Å². The molecule has 1 aromatic rings. The number of carbonyl (C=O) groups is 1. The summed E-state index contributed by atoms with van der Waals surface area (Å²) in [5.74, 6) is -0.128. The molecule has 0 aromatic heterocycles. The van der Waals surface area contributed by atoms with E-state index in [9.17, 15) is 9.90 Å². The van der Waals surface area contributed by atoms with Crippen LogP contribution in [0.25, 0.3) is 0 Å². The molecular weight excluding hydrogens is 234 g/mol. The molecule has 3 N–H and O–H groups in total. The van der Waals surface area contributed by atoms with Gasteiger partial charge in [-0.3, -0.25) is 4.79 Å². The minimum absolute atomic E-state index is 0.0934. The molecule has 0 aliphatic carbocycles. The molecule has 0 spiro atoms. The minimum Gasteiger partial charge on any atom is -0.508 e. The number of phenolic OH excluding ortho intramolecular Hbond substituents is 1. The summed E-state index contributed by atoms with van der Waals surface area (Å²) < 4.78 is 4.89. The van der Waals surface area contributed by atoms with Gasteiger partial charge in [0, 0.05) is 19.3 Å². The van der Waals surface area contributed by atoms with Crippen LogP contribution in [0.3, 0.4) is 0 Å². The molecule has 1 aromatic carbocycles. The summed E-state index contributed by atoms with van der Waals surface area (Å²) in [4.78, 5) is 11.7. The fraction of sp³-hybridized carbons (Fsp3) is 0.462. The monoisotopic (exact) mass is 253 g/mol. The van der Waals surface area contributed by atoms with Gasteiger partial charge < -0.3 is 20.3 Å². The van der Waals surface area contributed by atoms with E-state index in [0.29, 0.717) is 18.6 Å². The first-order valence-corrected chi connectivity index (χ1v) is 5.83. The van der Waals surface area contributed by atoms with Gasteiger partial charge in [-0.05, 0) is 12.5 Å². The Kier molecular flexibility index (Phi) is 6.18. The molecule has 0 radical (unpaired) electrons. The lowest BCUT2D eigenvalue weighted by molar-refractivity contribution is -0.121. The average Bonchev–Trinajstić information content (AvgIpc) is 2.37. The van der Waals surface area contributed by atoms with Crippen molar-refractivity contribution >= 4 is 5.91 Å². The third-order valence-electron chi connectivity index (χ3n) is 2.60. The van der Waals surface area contributed by atoms with Gasteiger partial charge in [0.25, 0.3) is 0 Å². The fourth-order valence-corrected chi connectivity index (χ4v) is 1.58. The fourth-order valence-electron chi connectivity index (χ4n) is 1.58.